The van der Waals surface area contributed by atoms with E-state index in [1.54, 1.807) is 102 Å². The third-order valence-electron chi connectivity index (χ3n) is 11.4. The van der Waals surface area contributed by atoms with Crippen LogP contribution in [-0.2, 0) is 19.1 Å². The predicted molar refractivity (Wildman–Crippen MR) is 259 cm³/mol. The lowest BCUT2D eigenvalue weighted by Crippen LogP contribution is -2.44. The Morgan fingerprint density at radius 2 is 0.897 bits per heavy atom. The first-order valence-electron chi connectivity index (χ1n) is 22.5. The van der Waals surface area contributed by atoms with Crippen LogP contribution >= 0.6 is 22.7 Å². The Balaban J connectivity index is 0.940. The molecular weight excluding hydrogens is 907 g/mol. The van der Waals surface area contributed by atoms with E-state index in [0.717, 1.165) is 32.0 Å². The second kappa shape index (κ2) is 20.0. The van der Waals surface area contributed by atoms with Crippen molar-refractivity contribution < 1.29 is 37.4 Å². The van der Waals surface area contributed by atoms with Crippen LogP contribution in [-0.4, -0.2) is 80.4 Å². The second-order valence-corrected chi connectivity index (χ2v) is 21.1. The highest BCUT2D eigenvalue weighted by Crippen LogP contribution is 2.42. The van der Waals surface area contributed by atoms with Gasteiger partial charge in [-0.15, -0.1) is 22.7 Å². The number of ether oxygens (including phenoxy) is 2. The molecule has 354 valence electrons. The molecule has 2 fully saturated rings. The van der Waals surface area contributed by atoms with Gasteiger partial charge >= 0.3 is 12.2 Å². The van der Waals surface area contributed by atoms with E-state index in [9.17, 15) is 19.2 Å². The number of likely N-dealkylation sites (tertiary alicyclic amines) is 2. The SMILES string of the molecule is CC(C)(C)OC(=O)N[C@@H](C(=O)N1C[C@H](F)C[C@H]1c1ncc(-c2ccc(-c3ccc(-c4cnc([C@@H]5C[C@@H](F)CN5C(=O)[C@H](NC(=O)OC(C)(C)C)c5ccccc5)s4)cc3)cc2)s1)c1ccccc1. The molecule has 2 aliphatic heterocycles. The smallest absolute Gasteiger partial charge is 0.408 e. The second-order valence-electron chi connectivity index (χ2n) is 18.9. The molecule has 0 radical (unpaired) electrons. The largest absolute Gasteiger partial charge is 0.444 e. The van der Waals surface area contributed by atoms with Crippen molar-refractivity contribution in [2.75, 3.05) is 13.1 Å². The lowest BCUT2D eigenvalue weighted by atomic mass is 10.0. The van der Waals surface area contributed by atoms with E-state index >= 15 is 8.78 Å². The molecule has 4 aromatic carbocycles. The van der Waals surface area contributed by atoms with Crippen LogP contribution in [0.15, 0.2) is 122 Å². The first-order valence-corrected chi connectivity index (χ1v) is 24.1. The summed E-state index contributed by atoms with van der Waals surface area (Å²) in [5, 5.41) is 6.64. The highest BCUT2D eigenvalue weighted by molar-refractivity contribution is 7.15. The van der Waals surface area contributed by atoms with Crippen LogP contribution in [0.2, 0.25) is 0 Å². The summed E-state index contributed by atoms with van der Waals surface area (Å²) in [6, 6.07) is 30.4. The summed E-state index contributed by atoms with van der Waals surface area (Å²) in [5.41, 5.74) is 3.35. The molecule has 0 spiro atoms. The number of alkyl halides is 2. The molecule has 0 saturated carbocycles. The summed E-state index contributed by atoms with van der Waals surface area (Å²) < 4.78 is 41.3. The average Bonchev–Trinajstić information content (AvgIpc) is 4.14. The van der Waals surface area contributed by atoms with E-state index in [1.165, 1.54) is 32.5 Å². The molecule has 2 N–H and O–H groups in total. The van der Waals surface area contributed by atoms with Gasteiger partial charge in [0.1, 0.15) is 45.6 Å². The van der Waals surface area contributed by atoms with Crippen molar-refractivity contribution in [3.8, 4) is 32.0 Å². The van der Waals surface area contributed by atoms with Gasteiger partial charge in [-0.3, -0.25) is 9.59 Å². The van der Waals surface area contributed by atoms with Gasteiger partial charge < -0.3 is 29.9 Å². The first kappa shape index (κ1) is 48.0. The lowest BCUT2D eigenvalue weighted by molar-refractivity contribution is -0.135. The zero-order valence-corrected chi connectivity index (χ0v) is 40.3. The number of hydrogen-bond acceptors (Lipinski definition) is 10. The van der Waals surface area contributed by atoms with Crippen LogP contribution < -0.4 is 10.6 Å². The number of thiazole rings is 2. The van der Waals surface area contributed by atoms with Gasteiger partial charge in [0.2, 0.25) is 0 Å². The molecule has 2 aliphatic rings. The Kier molecular flexibility index (Phi) is 14.1. The minimum absolute atomic E-state index is 0.0888. The highest BCUT2D eigenvalue weighted by Gasteiger charge is 2.43. The fraction of sp³-hybridized carbons (Fsp3) is 0.346. The van der Waals surface area contributed by atoms with Gasteiger partial charge in [-0.1, -0.05) is 109 Å². The Bertz CT molecular complexity index is 2540. The first-order chi connectivity index (χ1) is 32.4. The Hall–Kier alpha value is -6.52. The number of nitrogens with one attached hydrogen (secondary N) is 2. The number of amides is 4. The van der Waals surface area contributed by atoms with Crippen molar-refractivity contribution >= 4 is 46.7 Å². The molecule has 0 unspecified atom stereocenters. The summed E-state index contributed by atoms with van der Waals surface area (Å²) in [6.07, 6.45) is -0.350. The van der Waals surface area contributed by atoms with E-state index in [0.29, 0.717) is 21.1 Å². The maximum Gasteiger partial charge on any atom is 0.408 e. The Labute approximate surface area is 402 Å². The van der Waals surface area contributed by atoms with Crippen LogP contribution in [0.5, 0.6) is 0 Å². The van der Waals surface area contributed by atoms with Gasteiger partial charge in [0.15, 0.2) is 0 Å². The average molecular weight is 961 g/mol. The number of aromatic nitrogens is 2. The number of nitrogens with zero attached hydrogens (tertiary/aromatic N) is 4. The fourth-order valence-corrected chi connectivity index (χ4v) is 10.5. The Morgan fingerprint density at radius 3 is 1.24 bits per heavy atom. The number of carbonyl (C=O) groups excluding carboxylic acids is 4. The maximum absolute atomic E-state index is 15.2. The third-order valence-corrected chi connectivity index (χ3v) is 13.7. The van der Waals surface area contributed by atoms with Crippen LogP contribution in [0.3, 0.4) is 0 Å². The van der Waals surface area contributed by atoms with Crippen molar-refractivity contribution in [2.45, 2.75) is 102 Å². The molecule has 6 aromatic rings. The third kappa shape index (κ3) is 11.4. The standard InChI is InChI=1S/C52H54F2N6O6S2/c1-51(2,3)65-49(63)57-43(35-13-9-7-10-14-35)47(61)59-29-37(53)25-39(59)45-55-27-41(67-45)33-21-17-31(18-22-33)32-19-23-34(24-20-32)42-28-56-46(68-42)40-26-38(54)30-60(40)48(62)44(36-15-11-8-12-16-36)58-50(64)66-52(4,5)6/h7-24,27-28,37-40,43-44H,25-26,29-30H2,1-6H3,(H,57,63)(H,58,64)/t37-,38-,39+,40+,43-,44-/m1/s1. The monoisotopic (exact) mass is 960 g/mol. The molecule has 0 aliphatic carbocycles. The summed E-state index contributed by atoms with van der Waals surface area (Å²) in [7, 11) is 0. The number of carbonyl (C=O) groups is 4. The van der Waals surface area contributed by atoms with Gasteiger partial charge in [-0.05, 0) is 74.9 Å². The minimum Gasteiger partial charge on any atom is -0.444 e. The highest BCUT2D eigenvalue weighted by atomic mass is 32.1. The van der Waals surface area contributed by atoms with Crippen LogP contribution in [0.4, 0.5) is 18.4 Å². The topological polar surface area (TPSA) is 143 Å². The quantitative estimate of drug-likeness (QED) is 0.131. The molecule has 2 aromatic heterocycles. The molecule has 8 rings (SSSR count). The molecule has 16 heteroatoms. The lowest BCUT2D eigenvalue weighted by Gasteiger charge is -2.29. The summed E-state index contributed by atoms with van der Waals surface area (Å²) in [5.74, 6) is -0.887. The molecule has 0 bridgehead atoms. The fourth-order valence-electron chi connectivity index (χ4n) is 8.38. The maximum atomic E-state index is 15.2. The molecule has 4 heterocycles. The van der Waals surface area contributed by atoms with Crippen molar-refractivity contribution in [1.82, 2.24) is 30.4 Å². The van der Waals surface area contributed by atoms with Gasteiger partial charge in [-0.25, -0.2) is 28.3 Å². The molecule has 12 nitrogen and oxygen atoms in total. The van der Waals surface area contributed by atoms with Crippen molar-refractivity contribution in [3.05, 3.63) is 143 Å². The van der Waals surface area contributed by atoms with Crippen LogP contribution in [0, 0.1) is 0 Å². The van der Waals surface area contributed by atoms with E-state index in [2.05, 4.69) is 20.6 Å². The van der Waals surface area contributed by atoms with Gasteiger partial charge in [0.05, 0.1) is 34.9 Å². The normalized spacial score (nSPS) is 19.3. The zero-order chi connectivity index (χ0) is 48.3. The van der Waals surface area contributed by atoms with E-state index in [1.807, 2.05) is 60.7 Å². The van der Waals surface area contributed by atoms with Crippen molar-refractivity contribution in [1.29, 1.82) is 0 Å². The van der Waals surface area contributed by atoms with Crippen molar-refractivity contribution in [3.63, 3.8) is 0 Å². The van der Waals surface area contributed by atoms with Crippen LogP contribution in [0.1, 0.15) is 99.7 Å². The van der Waals surface area contributed by atoms with Gasteiger partial charge in [-0.2, -0.15) is 0 Å². The summed E-state index contributed by atoms with van der Waals surface area (Å²) in [6.45, 7) is 10.2. The van der Waals surface area contributed by atoms with E-state index in [4.69, 9.17) is 9.47 Å². The molecule has 6 atom stereocenters. The molecule has 4 amide bonds. The minimum atomic E-state index is -1.26. The number of hydrogen-bond donors (Lipinski definition) is 2. The zero-order valence-electron chi connectivity index (χ0n) is 38.7. The number of alkyl carbamates (subject to hydrolysis) is 2. The summed E-state index contributed by atoms with van der Waals surface area (Å²) in [4.78, 5) is 68.1. The molecule has 2 saturated heterocycles. The van der Waals surface area contributed by atoms with E-state index in [-0.39, 0.29) is 25.9 Å². The van der Waals surface area contributed by atoms with Crippen molar-refractivity contribution in [2.24, 2.45) is 0 Å². The van der Waals surface area contributed by atoms with Gasteiger partial charge in [0, 0.05) is 25.2 Å². The molecular formula is C52H54F2N6O6S2. The summed E-state index contributed by atoms with van der Waals surface area (Å²) >= 11 is 2.80. The number of benzene rings is 4. The predicted octanol–water partition coefficient (Wildman–Crippen LogP) is 11.4. The number of rotatable bonds is 11. The van der Waals surface area contributed by atoms with E-state index < -0.39 is 71.7 Å². The molecule has 68 heavy (non-hydrogen) atoms. The number of halogens is 2. The Morgan fingerprint density at radius 1 is 0.559 bits per heavy atom. The van der Waals surface area contributed by atoms with Gasteiger partial charge in [0.25, 0.3) is 11.8 Å². The van der Waals surface area contributed by atoms with Crippen LogP contribution in [0.25, 0.3) is 32.0 Å².